The minimum absolute atomic E-state index is 0.0118. The normalized spacial score (nSPS) is 31.0. The van der Waals surface area contributed by atoms with Crippen molar-refractivity contribution >= 4 is 22.7 Å². The van der Waals surface area contributed by atoms with E-state index in [2.05, 4.69) is 19.9 Å². The maximum atomic E-state index is 13.1. The molecule has 4 aromatic heterocycles. The van der Waals surface area contributed by atoms with E-state index in [1.165, 1.54) is 12.4 Å². The fraction of sp³-hybridized carbons (Fsp3) is 0.571. The van der Waals surface area contributed by atoms with Crippen molar-refractivity contribution in [1.29, 1.82) is 10.5 Å². The van der Waals surface area contributed by atoms with Crippen molar-refractivity contribution in [1.82, 2.24) is 29.9 Å². The molecule has 4 aromatic rings. The summed E-state index contributed by atoms with van der Waals surface area (Å²) in [6, 6.07) is 10.8. The summed E-state index contributed by atoms with van der Waals surface area (Å²) in [6.45, 7) is 18.3. The van der Waals surface area contributed by atoms with Crippen LogP contribution < -0.4 is 0 Å². The van der Waals surface area contributed by atoms with E-state index in [-0.39, 0.29) is 108 Å². The Morgan fingerprint density at radius 3 is 1.59 bits per heavy atom. The number of aliphatic hydroxyl groups is 2. The van der Waals surface area contributed by atoms with Gasteiger partial charge in [-0.3, -0.25) is 19.6 Å². The van der Waals surface area contributed by atoms with Crippen LogP contribution in [0.4, 0.5) is 0 Å². The Balaban J connectivity index is 0.000000226. The molecule has 6 unspecified atom stereocenters. The number of carbonyl (C=O) groups excluding carboxylic acids is 2. The first-order chi connectivity index (χ1) is 36.0. The van der Waals surface area contributed by atoms with Crippen molar-refractivity contribution in [3.63, 3.8) is 0 Å². The molecule has 14 heteroatoms. The van der Waals surface area contributed by atoms with Crippen LogP contribution in [0.2, 0.25) is 0 Å². The average molecular weight is 961 g/mol. The van der Waals surface area contributed by atoms with Crippen LogP contribution in [0, 0.1) is 33.5 Å². The molecule has 8 rings (SSSR count). The lowest BCUT2D eigenvalue weighted by atomic mass is 9.76. The SMILES string of the molecule is [2H]C1=C(c2nc(C3CC(C)(C)OC(C)(CO)C3)ccc2CC(=O)c2ncc(C#N)[nH]2)C([2H])([2H])C([2H])C(C)(C)C1.[2H]C1=C(c2nc(C3CC(C)(C)OC(C)(CO)C3)ccc2CC(=O)c2ncc(C#N)[nH]2)C([2H])([2H])CC(C)(C)C1[2H]. The number of imidazole rings is 2. The number of nitriles is 2. The second-order valence-electron chi connectivity index (χ2n) is 22.4. The molecule has 6 heterocycles. The van der Waals surface area contributed by atoms with Crippen molar-refractivity contribution in [2.75, 3.05) is 13.2 Å². The second kappa shape index (κ2) is 20.2. The first kappa shape index (κ1) is 42.1. The molecule has 2 saturated heterocycles. The Kier molecular flexibility index (Phi) is 12.2. The molecule has 4 aliphatic rings. The minimum atomic E-state index is -2.19. The average Bonchev–Trinajstić information content (AvgIpc) is 4.06. The Labute approximate surface area is 424 Å². The molecule has 0 radical (unpaired) electrons. The van der Waals surface area contributed by atoms with Gasteiger partial charge in [0.1, 0.15) is 23.5 Å². The van der Waals surface area contributed by atoms with Crippen LogP contribution in [0.3, 0.4) is 0 Å². The highest BCUT2D eigenvalue weighted by molar-refractivity contribution is 5.95. The molecule has 0 saturated carbocycles. The van der Waals surface area contributed by atoms with Gasteiger partial charge in [-0.1, -0.05) is 51.9 Å². The van der Waals surface area contributed by atoms with Crippen molar-refractivity contribution in [2.24, 2.45) is 10.8 Å². The van der Waals surface area contributed by atoms with Crippen molar-refractivity contribution in [3.05, 3.63) is 106 Å². The lowest BCUT2D eigenvalue weighted by molar-refractivity contribution is -0.187. The van der Waals surface area contributed by atoms with Crippen molar-refractivity contribution in [3.8, 4) is 12.1 Å². The monoisotopic (exact) mass is 961 g/mol. The van der Waals surface area contributed by atoms with Gasteiger partial charge < -0.3 is 29.7 Å². The fourth-order valence-electron chi connectivity index (χ4n) is 9.89. The lowest BCUT2D eigenvalue weighted by Gasteiger charge is -2.46. The van der Waals surface area contributed by atoms with Crippen LogP contribution in [-0.4, -0.2) is 87.3 Å². The summed E-state index contributed by atoms with van der Waals surface area (Å²) in [4.78, 5) is 49.4. The number of Topliss-reactive ketones (excluding diaryl/α,β-unsaturated/α-hetero) is 2. The molecule has 0 spiro atoms. The maximum absolute atomic E-state index is 13.1. The van der Waals surface area contributed by atoms with Gasteiger partial charge in [-0.25, -0.2) is 9.97 Å². The molecule has 70 heavy (non-hydrogen) atoms. The number of rotatable bonds is 12. The highest BCUT2D eigenvalue weighted by Crippen LogP contribution is 2.46. The third-order valence-corrected chi connectivity index (χ3v) is 13.1. The van der Waals surface area contributed by atoms with Gasteiger partial charge in [-0.15, -0.1) is 0 Å². The second-order valence-corrected chi connectivity index (χ2v) is 22.4. The molecule has 0 bridgehead atoms. The number of ether oxygens (including phenoxy) is 2. The van der Waals surface area contributed by atoms with Gasteiger partial charge in [0.25, 0.3) is 0 Å². The number of nitrogens with zero attached hydrogens (tertiary/aromatic N) is 6. The molecular formula is C56H72N8O6. The number of pyridine rings is 2. The quantitative estimate of drug-likeness (QED) is 0.0974. The van der Waals surface area contributed by atoms with Gasteiger partial charge in [-0.2, -0.15) is 10.5 Å². The summed E-state index contributed by atoms with van der Waals surface area (Å²) in [5, 5.41) is 38.3. The van der Waals surface area contributed by atoms with E-state index < -0.39 is 70.3 Å². The highest BCUT2D eigenvalue weighted by Gasteiger charge is 2.44. The van der Waals surface area contributed by atoms with E-state index in [0.717, 1.165) is 0 Å². The topological polar surface area (TPSA) is 224 Å². The van der Waals surface area contributed by atoms with Gasteiger partial charge in [0.2, 0.25) is 11.6 Å². The summed E-state index contributed by atoms with van der Waals surface area (Å²) in [5.41, 5.74) is -1.23. The van der Waals surface area contributed by atoms with Crippen LogP contribution in [0.5, 0.6) is 0 Å². The molecule has 0 aromatic carbocycles. The number of allylic oxidation sites excluding steroid dienone is 4. The van der Waals surface area contributed by atoms with Crippen LogP contribution >= 0.6 is 0 Å². The predicted molar refractivity (Wildman–Crippen MR) is 268 cm³/mol. The van der Waals surface area contributed by atoms with Crippen molar-refractivity contribution < 1.29 is 40.2 Å². The van der Waals surface area contributed by atoms with Crippen molar-refractivity contribution in [2.45, 2.75) is 180 Å². The largest absolute Gasteiger partial charge is 0.393 e. The van der Waals surface area contributed by atoms with E-state index in [1.54, 1.807) is 39.8 Å². The Morgan fingerprint density at radius 2 is 1.16 bits per heavy atom. The highest BCUT2D eigenvalue weighted by atomic mass is 16.5. The predicted octanol–water partition coefficient (Wildman–Crippen LogP) is 10.2. The molecule has 4 N–H and O–H groups in total. The summed E-state index contributed by atoms with van der Waals surface area (Å²) in [7, 11) is 0. The van der Waals surface area contributed by atoms with Gasteiger partial charge >= 0.3 is 0 Å². The molecule has 14 nitrogen and oxygen atoms in total. The van der Waals surface area contributed by atoms with E-state index in [1.807, 2.05) is 65.8 Å². The van der Waals surface area contributed by atoms with E-state index >= 15 is 0 Å². The maximum Gasteiger partial charge on any atom is 0.202 e. The van der Waals surface area contributed by atoms with E-state index in [9.17, 15) is 19.8 Å². The zero-order valence-electron chi connectivity index (χ0n) is 50.1. The first-order valence-corrected chi connectivity index (χ1v) is 23.9. The minimum Gasteiger partial charge on any atom is -0.393 e. The molecule has 2 aliphatic carbocycles. The third-order valence-electron chi connectivity index (χ3n) is 13.1. The van der Waals surface area contributed by atoms with Gasteiger partial charge in [-0.05, 0) is 151 Å². The van der Waals surface area contributed by atoms with Crippen LogP contribution in [-0.2, 0) is 22.3 Å². The molecule has 0 amide bonds. The number of aromatic nitrogens is 6. The van der Waals surface area contributed by atoms with Gasteiger partial charge in [0, 0.05) is 44.3 Å². The molecule has 2 aliphatic heterocycles. The van der Waals surface area contributed by atoms with Crippen LogP contribution in [0.1, 0.15) is 223 Å². The summed E-state index contributed by atoms with van der Waals surface area (Å²) >= 11 is 0. The number of hydrogen-bond acceptors (Lipinski definition) is 12. The van der Waals surface area contributed by atoms with Gasteiger partial charge in [0.05, 0.1) is 62.1 Å². The van der Waals surface area contributed by atoms with Gasteiger partial charge in [0.15, 0.2) is 11.6 Å². The Morgan fingerprint density at radius 1 is 0.700 bits per heavy atom. The number of carbonyl (C=O) groups is 2. The molecular weight excluding hydrogens is 881 g/mol. The smallest absolute Gasteiger partial charge is 0.202 e. The van der Waals surface area contributed by atoms with E-state index in [0.29, 0.717) is 48.2 Å². The summed E-state index contributed by atoms with van der Waals surface area (Å²) in [6.07, 6.45) is -1.59. The lowest BCUT2D eigenvalue weighted by Crippen LogP contribution is -2.48. The third kappa shape index (κ3) is 12.6. The number of ketones is 2. The number of aliphatic hydroxyl groups excluding tert-OH is 2. The zero-order chi connectivity index (χ0) is 57.9. The molecule has 372 valence electrons. The van der Waals surface area contributed by atoms with Crippen LogP contribution in [0.15, 0.2) is 48.8 Å². The number of H-pyrrole nitrogens is 2. The first-order valence-electron chi connectivity index (χ1n) is 28.0. The molecule has 6 atom stereocenters. The zero-order valence-corrected chi connectivity index (χ0v) is 42.1. The number of nitrogens with one attached hydrogen (secondary N) is 2. The van der Waals surface area contributed by atoms with Crippen LogP contribution in [0.25, 0.3) is 11.1 Å². The van der Waals surface area contributed by atoms with E-state index in [4.69, 9.17) is 40.9 Å². The fourth-order valence-corrected chi connectivity index (χ4v) is 9.89. The summed E-state index contributed by atoms with van der Waals surface area (Å²) < 4.78 is 83.1. The Hall–Kier alpha value is -5.64. The summed E-state index contributed by atoms with van der Waals surface area (Å²) in [5.74, 6) is -1.03. The standard InChI is InChI=1S/2C28H36N4O3/c2*1-26(2)10-8-18(9-11-26)24-19(12-23(34)25-30-16-21(15-29)31-25)6-7-22(32-24)20-13-27(3,4)35-28(5,14-20)17-33/h2*6-8,16,20,33H,9-14,17H2,1-5H3,(H,30,31)/i8D,9D2,11D;8D,9D2,10D. The molecule has 2 fully saturated rings. The number of hydrogen-bond donors (Lipinski definition) is 4. The Bertz CT molecular complexity index is 3130. The number of aromatic amines is 2.